The fraction of sp³-hybridized carbons (Fsp3) is 0.571. The van der Waals surface area contributed by atoms with Gasteiger partial charge in [-0.25, -0.2) is 0 Å². The van der Waals surface area contributed by atoms with Crippen LogP contribution in [0.2, 0.25) is 0 Å². The molecule has 0 heterocycles. The van der Waals surface area contributed by atoms with Crippen LogP contribution in [-0.2, 0) is 4.74 Å². The van der Waals surface area contributed by atoms with Crippen LogP contribution in [-0.4, -0.2) is 19.3 Å². The molecule has 0 radical (unpaired) electrons. The Hall–Kier alpha value is -1.02. The van der Waals surface area contributed by atoms with Gasteiger partial charge in [0.05, 0.1) is 12.7 Å². The average Bonchev–Trinajstić information content (AvgIpc) is 2.79. The molecule has 0 aliphatic heterocycles. The van der Waals surface area contributed by atoms with Crippen molar-refractivity contribution in [3.8, 4) is 0 Å². The molecule has 1 aromatic carbocycles. The lowest BCUT2D eigenvalue weighted by molar-refractivity contribution is 0.0659. The Kier molecular flexibility index (Phi) is 4.23. The van der Waals surface area contributed by atoms with Crippen LogP contribution in [0.25, 0.3) is 0 Å². The fourth-order valence-electron chi connectivity index (χ4n) is 2.24. The van der Waals surface area contributed by atoms with Crippen LogP contribution in [0.3, 0.4) is 0 Å². The van der Waals surface area contributed by atoms with Crippen molar-refractivity contribution in [2.24, 2.45) is 0 Å². The molecule has 1 N–H and O–H groups in total. The number of nitrogens with one attached hydrogen (secondary N) is 1. The van der Waals surface area contributed by atoms with Gasteiger partial charge in [-0.05, 0) is 31.4 Å². The second kappa shape index (κ2) is 5.90. The number of hydrogen-bond donors (Lipinski definition) is 1. The average molecular weight is 219 g/mol. The van der Waals surface area contributed by atoms with Gasteiger partial charge in [-0.2, -0.15) is 0 Å². The van der Waals surface area contributed by atoms with E-state index in [0.29, 0.717) is 6.10 Å². The van der Waals surface area contributed by atoms with Gasteiger partial charge in [0.25, 0.3) is 0 Å². The molecule has 16 heavy (non-hydrogen) atoms. The molecule has 0 bridgehead atoms. The maximum absolute atomic E-state index is 5.80. The van der Waals surface area contributed by atoms with Gasteiger partial charge < -0.3 is 10.1 Å². The Labute approximate surface area is 98.0 Å². The van der Waals surface area contributed by atoms with Gasteiger partial charge in [0, 0.05) is 12.2 Å². The molecule has 1 aliphatic rings. The lowest BCUT2D eigenvalue weighted by atomic mass is 10.2. The maximum Gasteiger partial charge on any atom is 0.0642 e. The largest absolute Gasteiger partial charge is 0.383 e. The second-order valence-corrected chi connectivity index (χ2v) is 4.52. The highest BCUT2D eigenvalue weighted by atomic mass is 16.5. The number of benzene rings is 1. The van der Waals surface area contributed by atoms with E-state index in [0.717, 1.165) is 13.2 Å². The van der Waals surface area contributed by atoms with Crippen LogP contribution in [0.4, 0.5) is 5.69 Å². The van der Waals surface area contributed by atoms with Crippen LogP contribution < -0.4 is 5.32 Å². The number of ether oxygens (including phenoxy) is 1. The molecule has 0 saturated heterocycles. The summed E-state index contributed by atoms with van der Waals surface area (Å²) >= 11 is 0. The Morgan fingerprint density at radius 2 is 2.00 bits per heavy atom. The molecule has 0 aromatic heterocycles. The second-order valence-electron chi connectivity index (χ2n) is 4.52. The third kappa shape index (κ3) is 3.24. The molecule has 2 heteroatoms. The summed E-state index contributed by atoms with van der Waals surface area (Å²) < 4.78 is 5.80. The van der Waals surface area contributed by atoms with Crippen LogP contribution in [0, 0.1) is 6.92 Å². The molecule has 0 amide bonds. The van der Waals surface area contributed by atoms with Gasteiger partial charge in [0.2, 0.25) is 0 Å². The van der Waals surface area contributed by atoms with E-state index in [9.17, 15) is 0 Å². The molecular weight excluding hydrogens is 198 g/mol. The number of aryl methyl sites for hydroxylation is 1. The van der Waals surface area contributed by atoms with Crippen molar-refractivity contribution in [2.75, 3.05) is 18.5 Å². The maximum atomic E-state index is 5.80. The molecule has 2 rings (SSSR count). The summed E-state index contributed by atoms with van der Waals surface area (Å²) in [6.07, 6.45) is 5.72. The van der Waals surface area contributed by atoms with Crippen molar-refractivity contribution in [2.45, 2.75) is 38.7 Å². The Balaban J connectivity index is 1.66. The molecule has 1 aliphatic carbocycles. The van der Waals surface area contributed by atoms with Gasteiger partial charge in [0.15, 0.2) is 0 Å². The van der Waals surface area contributed by atoms with Crippen molar-refractivity contribution >= 4 is 5.69 Å². The number of hydrogen-bond acceptors (Lipinski definition) is 2. The van der Waals surface area contributed by atoms with Gasteiger partial charge >= 0.3 is 0 Å². The third-order valence-corrected chi connectivity index (χ3v) is 3.22. The summed E-state index contributed by atoms with van der Waals surface area (Å²) in [4.78, 5) is 0. The van der Waals surface area contributed by atoms with Crippen LogP contribution in [0.5, 0.6) is 0 Å². The Morgan fingerprint density at radius 1 is 1.25 bits per heavy atom. The molecular formula is C14H21NO. The molecule has 1 aromatic rings. The standard InChI is InChI=1S/C14H21NO/c1-12-6-2-5-9-14(12)15-10-11-16-13-7-3-4-8-13/h2,5-6,9,13,15H,3-4,7-8,10-11H2,1H3. The van der Waals surface area contributed by atoms with Crippen molar-refractivity contribution in [1.82, 2.24) is 0 Å². The normalized spacial score (nSPS) is 16.6. The Morgan fingerprint density at radius 3 is 2.75 bits per heavy atom. The molecule has 1 saturated carbocycles. The highest BCUT2D eigenvalue weighted by molar-refractivity contribution is 5.50. The van der Waals surface area contributed by atoms with E-state index < -0.39 is 0 Å². The first-order valence-corrected chi connectivity index (χ1v) is 6.27. The minimum atomic E-state index is 0.527. The number of rotatable bonds is 5. The quantitative estimate of drug-likeness (QED) is 0.767. The van der Waals surface area contributed by atoms with Crippen molar-refractivity contribution in [3.63, 3.8) is 0 Å². The predicted molar refractivity (Wildman–Crippen MR) is 67.9 cm³/mol. The fourth-order valence-corrected chi connectivity index (χ4v) is 2.24. The molecule has 0 unspecified atom stereocenters. The van der Waals surface area contributed by atoms with E-state index in [1.54, 1.807) is 0 Å². The monoisotopic (exact) mass is 219 g/mol. The van der Waals surface area contributed by atoms with Crippen molar-refractivity contribution in [1.29, 1.82) is 0 Å². The SMILES string of the molecule is Cc1ccccc1NCCOC1CCCC1. The zero-order valence-corrected chi connectivity index (χ0v) is 10.0. The Bertz CT molecular complexity index is 318. The predicted octanol–water partition coefficient (Wildman–Crippen LogP) is 3.37. The summed E-state index contributed by atoms with van der Waals surface area (Å²) in [6, 6.07) is 8.37. The topological polar surface area (TPSA) is 21.3 Å². The molecule has 0 atom stereocenters. The van der Waals surface area contributed by atoms with E-state index in [4.69, 9.17) is 4.74 Å². The van der Waals surface area contributed by atoms with Crippen molar-refractivity contribution < 1.29 is 4.74 Å². The van der Waals surface area contributed by atoms with E-state index in [-0.39, 0.29) is 0 Å². The third-order valence-electron chi connectivity index (χ3n) is 3.22. The van der Waals surface area contributed by atoms with Gasteiger partial charge in [-0.1, -0.05) is 31.0 Å². The van der Waals surface area contributed by atoms with Crippen molar-refractivity contribution in [3.05, 3.63) is 29.8 Å². The summed E-state index contributed by atoms with van der Waals surface area (Å²) in [5.74, 6) is 0. The van der Waals surface area contributed by atoms with Gasteiger partial charge in [0.1, 0.15) is 0 Å². The van der Waals surface area contributed by atoms with Crippen LogP contribution in [0.1, 0.15) is 31.2 Å². The lowest BCUT2D eigenvalue weighted by Crippen LogP contribution is -2.15. The smallest absolute Gasteiger partial charge is 0.0642 e. The number of anilines is 1. The summed E-state index contributed by atoms with van der Waals surface area (Å²) in [6.45, 7) is 3.85. The van der Waals surface area contributed by atoms with Gasteiger partial charge in [-0.15, -0.1) is 0 Å². The van der Waals surface area contributed by atoms with Crippen LogP contribution >= 0.6 is 0 Å². The minimum absolute atomic E-state index is 0.527. The highest BCUT2D eigenvalue weighted by Crippen LogP contribution is 2.20. The number of para-hydroxylation sites is 1. The molecule has 0 spiro atoms. The first-order chi connectivity index (χ1) is 7.86. The van der Waals surface area contributed by atoms with Gasteiger partial charge in [-0.3, -0.25) is 0 Å². The van der Waals surface area contributed by atoms with E-state index >= 15 is 0 Å². The van der Waals surface area contributed by atoms with E-state index in [2.05, 4.69) is 36.5 Å². The first-order valence-electron chi connectivity index (χ1n) is 6.27. The lowest BCUT2D eigenvalue weighted by Gasteiger charge is -2.13. The van der Waals surface area contributed by atoms with Crippen LogP contribution in [0.15, 0.2) is 24.3 Å². The summed E-state index contributed by atoms with van der Waals surface area (Å²) in [5, 5.41) is 3.41. The molecule has 88 valence electrons. The zero-order chi connectivity index (χ0) is 11.2. The summed E-state index contributed by atoms with van der Waals surface area (Å²) in [7, 11) is 0. The first kappa shape index (κ1) is 11.5. The highest BCUT2D eigenvalue weighted by Gasteiger charge is 2.14. The molecule has 1 fully saturated rings. The molecule has 2 nitrogen and oxygen atoms in total. The zero-order valence-electron chi connectivity index (χ0n) is 10.0. The van der Waals surface area contributed by atoms with E-state index in [1.807, 2.05) is 0 Å². The minimum Gasteiger partial charge on any atom is -0.383 e. The van der Waals surface area contributed by atoms with E-state index in [1.165, 1.54) is 36.9 Å². The summed E-state index contributed by atoms with van der Waals surface area (Å²) in [5.41, 5.74) is 2.51.